The van der Waals surface area contributed by atoms with E-state index in [1.807, 2.05) is 24.3 Å². The van der Waals surface area contributed by atoms with Crippen LogP contribution in [0.4, 0.5) is 17.6 Å². The second-order valence-electron chi connectivity index (χ2n) is 8.14. The fraction of sp³-hybridized carbons (Fsp3) is 0.172. The number of benzene rings is 4. The van der Waals surface area contributed by atoms with E-state index in [1.165, 1.54) is 17.7 Å². The van der Waals surface area contributed by atoms with Crippen LogP contribution in [0.5, 0.6) is 5.75 Å². The number of fused-ring (bicyclic) bond motifs is 1. The lowest BCUT2D eigenvalue weighted by molar-refractivity contribution is -0.0522. The minimum atomic E-state index is -3.09. The summed E-state index contributed by atoms with van der Waals surface area (Å²) in [6.45, 7) is 0.663. The molecule has 34 heavy (non-hydrogen) atoms. The fourth-order valence-corrected chi connectivity index (χ4v) is 4.01. The first kappa shape index (κ1) is 23.6. The van der Waals surface area contributed by atoms with Crippen LogP contribution in [0.25, 0.3) is 21.9 Å². The summed E-state index contributed by atoms with van der Waals surface area (Å²) in [6.07, 6.45) is 4.51. The lowest BCUT2D eigenvalue weighted by Gasteiger charge is -2.10. The Balaban J connectivity index is 1.49. The van der Waals surface area contributed by atoms with E-state index < -0.39 is 18.2 Å². The number of allylic oxidation sites excluding steroid dienone is 1. The molecular weight excluding hydrogens is 440 g/mol. The molecule has 174 valence electrons. The molecular formula is C29H24F4O. The van der Waals surface area contributed by atoms with Gasteiger partial charge in [-0.2, -0.15) is 8.78 Å². The van der Waals surface area contributed by atoms with Crippen molar-refractivity contribution in [1.29, 1.82) is 0 Å². The predicted octanol–water partition coefficient (Wildman–Crippen LogP) is 8.29. The average molecular weight is 465 g/mol. The second-order valence-corrected chi connectivity index (χ2v) is 8.14. The number of alkyl halides is 2. The summed E-state index contributed by atoms with van der Waals surface area (Å²) in [5, 5.41) is 1.32. The van der Waals surface area contributed by atoms with E-state index in [4.69, 9.17) is 0 Å². The first-order valence-electron chi connectivity index (χ1n) is 11.1. The van der Waals surface area contributed by atoms with Gasteiger partial charge in [0.05, 0.1) is 0 Å². The van der Waals surface area contributed by atoms with Crippen molar-refractivity contribution >= 4 is 10.8 Å². The Bertz CT molecular complexity index is 1300. The van der Waals surface area contributed by atoms with Gasteiger partial charge in [-0.05, 0) is 77.1 Å². The van der Waals surface area contributed by atoms with Gasteiger partial charge in [0.2, 0.25) is 0 Å². The first-order chi connectivity index (χ1) is 16.4. The summed E-state index contributed by atoms with van der Waals surface area (Å²) in [7, 11) is 0. The Labute approximate surface area is 196 Å². The van der Waals surface area contributed by atoms with Crippen LogP contribution in [0.1, 0.15) is 23.1 Å². The van der Waals surface area contributed by atoms with Crippen LogP contribution < -0.4 is 4.74 Å². The zero-order chi connectivity index (χ0) is 24.1. The number of hydrogen-bond donors (Lipinski definition) is 0. The van der Waals surface area contributed by atoms with Crippen LogP contribution in [-0.4, -0.2) is 6.61 Å². The summed E-state index contributed by atoms with van der Waals surface area (Å²) in [5.41, 5.74) is 4.41. The van der Waals surface area contributed by atoms with Crippen molar-refractivity contribution in [2.75, 3.05) is 0 Å². The highest BCUT2D eigenvalue weighted by Gasteiger charge is 2.12. The molecule has 0 amide bonds. The van der Waals surface area contributed by atoms with Crippen molar-refractivity contribution in [3.63, 3.8) is 0 Å². The molecule has 5 heteroatoms. The van der Waals surface area contributed by atoms with E-state index in [1.54, 1.807) is 12.1 Å². The van der Waals surface area contributed by atoms with Gasteiger partial charge < -0.3 is 4.74 Å². The minimum Gasteiger partial charge on any atom is -0.432 e. The lowest BCUT2D eigenvalue weighted by atomic mass is 9.96. The van der Waals surface area contributed by atoms with E-state index in [0.29, 0.717) is 29.4 Å². The molecule has 4 aromatic carbocycles. The van der Waals surface area contributed by atoms with Crippen molar-refractivity contribution in [3.05, 3.63) is 114 Å². The Morgan fingerprint density at radius 1 is 0.765 bits per heavy atom. The third-order valence-electron chi connectivity index (χ3n) is 5.85. The normalized spacial score (nSPS) is 11.2. The number of ether oxygens (including phenoxy) is 1. The topological polar surface area (TPSA) is 9.23 Å². The maximum absolute atomic E-state index is 15.2. The van der Waals surface area contributed by atoms with Crippen molar-refractivity contribution < 1.29 is 22.3 Å². The van der Waals surface area contributed by atoms with Crippen molar-refractivity contribution in [2.45, 2.75) is 32.3 Å². The average Bonchev–Trinajstić information content (AvgIpc) is 2.84. The Morgan fingerprint density at radius 3 is 2.21 bits per heavy atom. The van der Waals surface area contributed by atoms with Crippen LogP contribution in [-0.2, 0) is 19.3 Å². The largest absolute Gasteiger partial charge is 0.432 e. The SMILES string of the molecule is C=CCCc1ccc(-c2ccc3c(F)c(CCc4ccc(OC(F)F)c(F)c4)ccc3c2)cc1. The molecule has 0 aliphatic carbocycles. The highest BCUT2D eigenvalue weighted by Crippen LogP contribution is 2.29. The zero-order valence-corrected chi connectivity index (χ0v) is 18.5. The van der Waals surface area contributed by atoms with Gasteiger partial charge in [-0.3, -0.25) is 0 Å². The van der Waals surface area contributed by atoms with Gasteiger partial charge in [-0.25, -0.2) is 8.78 Å². The van der Waals surface area contributed by atoms with E-state index in [9.17, 15) is 13.2 Å². The third-order valence-corrected chi connectivity index (χ3v) is 5.85. The van der Waals surface area contributed by atoms with E-state index in [-0.39, 0.29) is 5.82 Å². The first-order valence-corrected chi connectivity index (χ1v) is 11.1. The molecule has 0 aromatic heterocycles. The Kier molecular flexibility index (Phi) is 7.31. The maximum atomic E-state index is 15.2. The van der Waals surface area contributed by atoms with Gasteiger partial charge in [0.25, 0.3) is 0 Å². The predicted molar refractivity (Wildman–Crippen MR) is 128 cm³/mol. The monoisotopic (exact) mass is 464 g/mol. The quantitative estimate of drug-likeness (QED) is 0.179. The summed E-state index contributed by atoms with van der Waals surface area (Å²) in [5.74, 6) is -1.67. The molecule has 0 N–H and O–H groups in total. The van der Waals surface area contributed by atoms with Crippen LogP contribution in [0.3, 0.4) is 0 Å². The molecule has 0 fully saturated rings. The summed E-state index contributed by atoms with van der Waals surface area (Å²) in [6, 6.07) is 21.4. The minimum absolute atomic E-state index is 0.304. The van der Waals surface area contributed by atoms with Crippen LogP contribution >= 0.6 is 0 Å². The molecule has 0 saturated carbocycles. The second kappa shape index (κ2) is 10.6. The summed E-state index contributed by atoms with van der Waals surface area (Å²) < 4.78 is 57.8. The molecule has 0 aliphatic rings. The molecule has 1 nitrogen and oxygen atoms in total. The Hall–Kier alpha value is -3.60. The summed E-state index contributed by atoms with van der Waals surface area (Å²) >= 11 is 0. The van der Waals surface area contributed by atoms with Gasteiger partial charge in [0, 0.05) is 5.39 Å². The molecule has 0 aliphatic heterocycles. The molecule has 0 heterocycles. The van der Waals surface area contributed by atoms with Gasteiger partial charge in [0.15, 0.2) is 11.6 Å². The number of hydrogen-bond acceptors (Lipinski definition) is 1. The van der Waals surface area contributed by atoms with E-state index >= 15 is 4.39 Å². The Morgan fingerprint density at radius 2 is 1.50 bits per heavy atom. The summed E-state index contributed by atoms with van der Waals surface area (Å²) in [4.78, 5) is 0. The highest BCUT2D eigenvalue weighted by molar-refractivity contribution is 5.88. The maximum Gasteiger partial charge on any atom is 0.387 e. The highest BCUT2D eigenvalue weighted by atomic mass is 19.3. The zero-order valence-electron chi connectivity index (χ0n) is 18.5. The molecule has 0 spiro atoms. The lowest BCUT2D eigenvalue weighted by Crippen LogP contribution is -2.04. The molecule has 4 rings (SSSR count). The van der Waals surface area contributed by atoms with Crippen molar-refractivity contribution in [2.24, 2.45) is 0 Å². The van der Waals surface area contributed by atoms with Crippen molar-refractivity contribution in [3.8, 4) is 16.9 Å². The van der Waals surface area contributed by atoms with Gasteiger partial charge in [0.1, 0.15) is 5.82 Å². The number of halogens is 4. The molecule has 0 unspecified atom stereocenters. The van der Waals surface area contributed by atoms with Gasteiger partial charge in [-0.15, -0.1) is 6.58 Å². The van der Waals surface area contributed by atoms with E-state index in [0.717, 1.165) is 35.4 Å². The fourth-order valence-electron chi connectivity index (χ4n) is 4.01. The molecule has 0 bridgehead atoms. The molecule has 0 saturated heterocycles. The van der Waals surface area contributed by atoms with E-state index in [2.05, 4.69) is 35.6 Å². The molecule has 0 atom stereocenters. The van der Waals surface area contributed by atoms with Crippen LogP contribution in [0.2, 0.25) is 0 Å². The number of rotatable bonds is 9. The third kappa shape index (κ3) is 5.48. The molecule has 4 aromatic rings. The van der Waals surface area contributed by atoms with Crippen LogP contribution in [0, 0.1) is 11.6 Å². The number of aryl methyl sites for hydroxylation is 3. The standard InChI is InChI=1S/C29H24F4O/c1-2-3-4-19-5-9-21(10-6-19)23-14-15-25-24(18-23)13-12-22(28(25)31)11-7-20-8-16-27(26(30)17-20)34-29(32)33/h2,5-6,8-10,12-18,29H,1,3-4,7,11H2. The van der Waals surface area contributed by atoms with Gasteiger partial charge in [-0.1, -0.05) is 60.7 Å². The molecule has 0 radical (unpaired) electrons. The van der Waals surface area contributed by atoms with Crippen molar-refractivity contribution in [1.82, 2.24) is 0 Å². The van der Waals surface area contributed by atoms with Gasteiger partial charge >= 0.3 is 6.61 Å². The smallest absolute Gasteiger partial charge is 0.387 e. The van der Waals surface area contributed by atoms with Crippen LogP contribution in [0.15, 0.2) is 85.5 Å².